The van der Waals surface area contributed by atoms with Crippen LogP contribution in [-0.2, 0) is 6.54 Å². The van der Waals surface area contributed by atoms with Crippen LogP contribution in [-0.4, -0.2) is 36.2 Å². The number of para-hydroxylation sites is 1. The summed E-state index contributed by atoms with van der Waals surface area (Å²) < 4.78 is 18.8. The van der Waals surface area contributed by atoms with Crippen molar-refractivity contribution in [1.82, 2.24) is 15.3 Å². The normalized spacial score (nSPS) is 14.6. The highest BCUT2D eigenvalue weighted by Crippen LogP contribution is 2.15. The van der Waals surface area contributed by atoms with Crippen LogP contribution in [0.3, 0.4) is 0 Å². The molecule has 1 aromatic carbocycles. The molecule has 3 rings (SSSR count). The predicted octanol–water partition coefficient (Wildman–Crippen LogP) is 2.77. The Hall–Kier alpha value is -2.21. The van der Waals surface area contributed by atoms with E-state index in [9.17, 15) is 4.39 Å². The minimum Gasteiger partial charge on any atom is -0.489 e. The molecule has 0 aliphatic carbocycles. The number of hydrogen-bond acceptors (Lipinski definition) is 5. The van der Waals surface area contributed by atoms with Crippen LogP contribution >= 0.6 is 0 Å². The Labute approximate surface area is 141 Å². The van der Waals surface area contributed by atoms with E-state index in [-0.39, 0.29) is 11.6 Å². The Bertz CT molecular complexity index is 629. The zero-order chi connectivity index (χ0) is 16.6. The lowest BCUT2D eigenvalue weighted by atomic mass is 10.1. The van der Waals surface area contributed by atoms with Gasteiger partial charge in [0.25, 0.3) is 0 Å². The molecule has 0 atom stereocenters. The molecule has 1 saturated heterocycles. The first kappa shape index (κ1) is 16.6. The molecule has 0 amide bonds. The van der Waals surface area contributed by atoms with Crippen molar-refractivity contribution in [2.75, 3.05) is 31.1 Å². The van der Waals surface area contributed by atoms with Gasteiger partial charge in [-0.3, -0.25) is 0 Å². The van der Waals surface area contributed by atoms with Crippen LogP contribution in [0.2, 0.25) is 0 Å². The molecule has 24 heavy (non-hydrogen) atoms. The number of nitrogens with one attached hydrogen (secondary N) is 1. The maximum atomic E-state index is 13.4. The minimum atomic E-state index is -0.334. The summed E-state index contributed by atoms with van der Waals surface area (Å²) in [5, 5.41) is 3.25. The monoisotopic (exact) mass is 330 g/mol. The zero-order valence-electron chi connectivity index (χ0n) is 13.7. The summed E-state index contributed by atoms with van der Waals surface area (Å²) in [7, 11) is 0. The number of anilines is 1. The van der Waals surface area contributed by atoms with Gasteiger partial charge in [0.2, 0.25) is 5.95 Å². The van der Waals surface area contributed by atoms with Crippen molar-refractivity contribution < 1.29 is 9.13 Å². The van der Waals surface area contributed by atoms with Crippen LogP contribution in [0.4, 0.5) is 10.3 Å². The third-order valence-corrected chi connectivity index (χ3v) is 4.03. The van der Waals surface area contributed by atoms with Gasteiger partial charge in [-0.1, -0.05) is 12.1 Å². The van der Waals surface area contributed by atoms with Crippen LogP contribution in [0.1, 0.15) is 24.8 Å². The molecular weight excluding hydrogens is 307 g/mol. The van der Waals surface area contributed by atoms with Gasteiger partial charge in [-0.25, -0.2) is 14.4 Å². The van der Waals surface area contributed by atoms with Crippen molar-refractivity contribution in [3.63, 3.8) is 0 Å². The van der Waals surface area contributed by atoms with Crippen LogP contribution < -0.4 is 15.0 Å². The first-order valence-electron chi connectivity index (χ1n) is 8.47. The molecule has 0 bridgehead atoms. The fraction of sp³-hybridized carbons (Fsp3) is 0.444. The summed E-state index contributed by atoms with van der Waals surface area (Å²) in [4.78, 5) is 11.1. The summed E-state index contributed by atoms with van der Waals surface area (Å²) in [6.45, 7) is 3.80. The predicted molar refractivity (Wildman–Crippen MR) is 91.7 cm³/mol. The van der Waals surface area contributed by atoms with Crippen molar-refractivity contribution in [3.8, 4) is 5.75 Å². The Balaban J connectivity index is 1.38. The summed E-state index contributed by atoms with van der Waals surface area (Å²) in [5.74, 6) is 0.772. The molecule has 1 aromatic heterocycles. The first-order valence-corrected chi connectivity index (χ1v) is 8.47. The van der Waals surface area contributed by atoms with Crippen molar-refractivity contribution in [1.29, 1.82) is 0 Å². The smallest absolute Gasteiger partial charge is 0.225 e. The SMILES string of the molecule is Fc1ccccc1OCCNCc1cnc(N2CCCCC2)nc1. The molecule has 1 aliphatic rings. The van der Waals surface area contributed by atoms with Gasteiger partial charge in [-0.05, 0) is 31.4 Å². The van der Waals surface area contributed by atoms with Gasteiger partial charge in [-0.15, -0.1) is 0 Å². The highest BCUT2D eigenvalue weighted by Gasteiger charge is 2.12. The highest BCUT2D eigenvalue weighted by molar-refractivity contribution is 5.30. The Morgan fingerprint density at radius 1 is 1.08 bits per heavy atom. The number of nitrogens with zero attached hydrogens (tertiary/aromatic N) is 3. The van der Waals surface area contributed by atoms with Crippen molar-refractivity contribution in [2.24, 2.45) is 0 Å². The molecule has 6 heteroatoms. The third kappa shape index (κ3) is 4.64. The summed E-state index contributed by atoms with van der Waals surface area (Å²) in [5.41, 5.74) is 1.03. The molecule has 1 aliphatic heterocycles. The van der Waals surface area contributed by atoms with E-state index in [2.05, 4.69) is 20.2 Å². The van der Waals surface area contributed by atoms with Crippen molar-refractivity contribution in [2.45, 2.75) is 25.8 Å². The quantitative estimate of drug-likeness (QED) is 0.791. The van der Waals surface area contributed by atoms with Gasteiger partial charge in [0.1, 0.15) is 6.61 Å². The summed E-state index contributed by atoms with van der Waals surface area (Å²) >= 11 is 0. The molecule has 0 spiro atoms. The van der Waals surface area contributed by atoms with Crippen LogP contribution in [0.25, 0.3) is 0 Å². The lowest BCUT2D eigenvalue weighted by Gasteiger charge is -2.26. The van der Waals surface area contributed by atoms with Crippen LogP contribution in [0.15, 0.2) is 36.7 Å². The van der Waals surface area contributed by atoms with Gasteiger partial charge in [0.05, 0.1) is 0 Å². The number of aromatic nitrogens is 2. The van der Waals surface area contributed by atoms with Crippen molar-refractivity contribution in [3.05, 3.63) is 48.0 Å². The number of hydrogen-bond donors (Lipinski definition) is 1. The molecule has 1 fully saturated rings. The summed E-state index contributed by atoms with van der Waals surface area (Å²) in [6.07, 6.45) is 7.46. The van der Waals surface area contributed by atoms with E-state index >= 15 is 0 Å². The fourth-order valence-corrected chi connectivity index (χ4v) is 2.72. The number of piperidine rings is 1. The number of rotatable bonds is 7. The topological polar surface area (TPSA) is 50.3 Å². The third-order valence-electron chi connectivity index (χ3n) is 4.03. The van der Waals surface area contributed by atoms with E-state index in [0.717, 1.165) is 24.6 Å². The molecule has 0 unspecified atom stereocenters. The second-order valence-corrected chi connectivity index (χ2v) is 5.89. The van der Waals surface area contributed by atoms with Crippen LogP contribution in [0, 0.1) is 5.82 Å². The van der Waals surface area contributed by atoms with E-state index in [1.54, 1.807) is 18.2 Å². The van der Waals surface area contributed by atoms with E-state index in [4.69, 9.17) is 4.74 Å². The molecule has 2 heterocycles. The van der Waals surface area contributed by atoms with E-state index in [0.29, 0.717) is 19.7 Å². The van der Waals surface area contributed by atoms with Crippen LogP contribution in [0.5, 0.6) is 5.75 Å². The number of ether oxygens (including phenoxy) is 1. The Morgan fingerprint density at radius 2 is 1.83 bits per heavy atom. The standard InChI is InChI=1S/C18H23FN4O/c19-16-6-2-3-7-17(16)24-11-8-20-12-15-13-21-18(22-14-15)23-9-4-1-5-10-23/h2-3,6-7,13-14,20H,1,4-5,8-12H2. The molecule has 0 radical (unpaired) electrons. The molecule has 0 saturated carbocycles. The number of benzene rings is 1. The maximum absolute atomic E-state index is 13.4. The Kier molecular flexibility index (Phi) is 5.96. The minimum absolute atomic E-state index is 0.286. The molecule has 2 aromatic rings. The second kappa shape index (κ2) is 8.59. The lowest BCUT2D eigenvalue weighted by Crippen LogP contribution is -2.31. The van der Waals surface area contributed by atoms with Crippen molar-refractivity contribution >= 4 is 5.95 Å². The maximum Gasteiger partial charge on any atom is 0.225 e. The molecule has 128 valence electrons. The average molecular weight is 330 g/mol. The number of halogens is 1. The van der Waals surface area contributed by atoms with E-state index in [1.165, 1.54) is 25.3 Å². The lowest BCUT2D eigenvalue weighted by molar-refractivity contribution is 0.298. The average Bonchev–Trinajstić information content (AvgIpc) is 2.64. The van der Waals surface area contributed by atoms with Gasteiger partial charge < -0.3 is 15.0 Å². The summed E-state index contributed by atoms with van der Waals surface area (Å²) in [6, 6.07) is 6.42. The van der Waals surface area contributed by atoms with E-state index in [1.807, 2.05) is 12.4 Å². The molecule has 1 N–H and O–H groups in total. The van der Waals surface area contributed by atoms with Gasteiger partial charge >= 0.3 is 0 Å². The highest BCUT2D eigenvalue weighted by atomic mass is 19.1. The zero-order valence-corrected chi connectivity index (χ0v) is 13.7. The van der Waals surface area contributed by atoms with E-state index < -0.39 is 0 Å². The van der Waals surface area contributed by atoms with Gasteiger partial charge in [0.15, 0.2) is 11.6 Å². The first-order chi connectivity index (χ1) is 11.8. The molecule has 5 nitrogen and oxygen atoms in total. The van der Waals surface area contributed by atoms with Gasteiger partial charge in [0, 0.05) is 44.1 Å². The largest absolute Gasteiger partial charge is 0.489 e. The second-order valence-electron chi connectivity index (χ2n) is 5.89. The fourth-order valence-electron chi connectivity index (χ4n) is 2.72. The van der Waals surface area contributed by atoms with Gasteiger partial charge in [-0.2, -0.15) is 0 Å². The Morgan fingerprint density at radius 3 is 2.58 bits per heavy atom. The molecular formula is C18H23FN4O.